The zero-order valence-electron chi connectivity index (χ0n) is 15.5. The van der Waals surface area contributed by atoms with E-state index in [4.69, 9.17) is 21.1 Å². The molecule has 0 radical (unpaired) electrons. The molecule has 5 nitrogen and oxygen atoms in total. The molecule has 1 rings (SSSR count). The summed E-state index contributed by atoms with van der Waals surface area (Å²) in [5.41, 5.74) is 0.776. The summed E-state index contributed by atoms with van der Waals surface area (Å²) in [5.74, 6) is 1.03. The molecular formula is C18H29ClN2O3. The van der Waals surface area contributed by atoms with Crippen molar-refractivity contribution in [2.75, 3.05) is 13.7 Å². The molecule has 0 saturated heterocycles. The van der Waals surface area contributed by atoms with Crippen LogP contribution >= 0.6 is 11.6 Å². The van der Waals surface area contributed by atoms with Crippen molar-refractivity contribution in [3.8, 4) is 11.5 Å². The number of carbonyl (C=O) groups excluding carboxylic acids is 1. The molecule has 24 heavy (non-hydrogen) atoms. The van der Waals surface area contributed by atoms with E-state index in [1.165, 1.54) is 0 Å². The van der Waals surface area contributed by atoms with Crippen molar-refractivity contribution in [1.29, 1.82) is 0 Å². The highest BCUT2D eigenvalue weighted by Gasteiger charge is 2.22. The van der Waals surface area contributed by atoms with Crippen LogP contribution in [-0.4, -0.2) is 31.2 Å². The van der Waals surface area contributed by atoms with Gasteiger partial charge in [-0.25, -0.2) is 0 Å². The van der Waals surface area contributed by atoms with E-state index in [0.29, 0.717) is 29.7 Å². The number of carbonyl (C=O) groups is 1. The fourth-order valence-corrected chi connectivity index (χ4v) is 2.54. The van der Waals surface area contributed by atoms with Gasteiger partial charge >= 0.3 is 0 Å². The summed E-state index contributed by atoms with van der Waals surface area (Å²) in [7, 11) is 1.56. The molecule has 0 spiro atoms. The number of benzene rings is 1. The Morgan fingerprint density at radius 2 is 2.00 bits per heavy atom. The molecule has 0 aromatic heterocycles. The second-order valence-corrected chi connectivity index (χ2v) is 6.77. The van der Waals surface area contributed by atoms with Crippen LogP contribution in [0, 0.1) is 0 Å². The van der Waals surface area contributed by atoms with Gasteiger partial charge in [0.25, 0.3) is 0 Å². The van der Waals surface area contributed by atoms with Crippen molar-refractivity contribution in [1.82, 2.24) is 10.6 Å². The molecule has 1 atom stereocenters. The first kappa shape index (κ1) is 20.6. The van der Waals surface area contributed by atoms with Crippen molar-refractivity contribution in [3.05, 3.63) is 22.7 Å². The van der Waals surface area contributed by atoms with E-state index >= 15 is 0 Å². The number of hydrogen-bond acceptors (Lipinski definition) is 4. The third-order valence-corrected chi connectivity index (χ3v) is 4.21. The number of methoxy groups -OCH3 is 1. The van der Waals surface area contributed by atoms with Gasteiger partial charge in [0.2, 0.25) is 5.91 Å². The van der Waals surface area contributed by atoms with E-state index in [9.17, 15) is 4.79 Å². The van der Waals surface area contributed by atoms with Crippen LogP contribution < -0.4 is 20.1 Å². The van der Waals surface area contributed by atoms with E-state index in [1.807, 2.05) is 19.9 Å². The quantitative estimate of drug-likeness (QED) is 0.710. The summed E-state index contributed by atoms with van der Waals surface area (Å²) in [4.78, 5) is 12.3. The molecule has 136 valence electrons. The van der Waals surface area contributed by atoms with Gasteiger partial charge in [-0.1, -0.05) is 18.5 Å². The number of nitrogens with one attached hydrogen (secondary N) is 2. The Morgan fingerprint density at radius 3 is 2.54 bits per heavy atom. The van der Waals surface area contributed by atoms with Crippen LogP contribution in [0.4, 0.5) is 0 Å². The monoisotopic (exact) mass is 356 g/mol. The van der Waals surface area contributed by atoms with E-state index in [1.54, 1.807) is 13.2 Å². The molecule has 6 heteroatoms. The normalized spacial score (nSPS) is 12.6. The number of amides is 1. The summed E-state index contributed by atoms with van der Waals surface area (Å²) in [6.07, 6.45) is 0.941. The predicted molar refractivity (Wildman–Crippen MR) is 98.0 cm³/mol. The van der Waals surface area contributed by atoms with Crippen molar-refractivity contribution < 1.29 is 14.3 Å². The van der Waals surface area contributed by atoms with Gasteiger partial charge in [-0.2, -0.15) is 0 Å². The predicted octanol–water partition coefficient (Wildman–Crippen LogP) is 3.53. The first-order chi connectivity index (χ1) is 11.2. The molecule has 0 aliphatic rings. The SMILES string of the molecule is CCOc1c(Cl)cc(CNC(=O)[C@H](C)NC(C)(C)CC)cc1OC. The minimum Gasteiger partial charge on any atom is -0.493 e. The average molecular weight is 357 g/mol. The third-order valence-electron chi connectivity index (χ3n) is 3.93. The zero-order chi connectivity index (χ0) is 18.3. The van der Waals surface area contributed by atoms with Crippen LogP contribution in [0.25, 0.3) is 0 Å². The Kier molecular flexibility index (Phi) is 7.84. The summed E-state index contributed by atoms with van der Waals surface area (Å²) in [5, 5.41) is 6.71. The second-order valence-electron chi connectivity index (χ2n) is 6.36. The summed E-state index contributed by atoms with van der Waals surface area (Å²) < 4.78 is 10.8. The second kappa shape index (κ2) is 9.14. The maximum atomic E-state index is 12.3. The van der Waals surface area contributed by atoms with E-state index in [2.05, 4.69) is 31.4 Å². The molecule has 2 N–H and O–H groups in total. The molecule has 0 aliphatic carbocycles. The molecular weight excluding hydrogens is 328 g/mol. The summed E-state index contributed by atoms with van der Waals surface area (Å²) in [6.45, 7) is 10.9. The van der Waals surface area contributed by atoms with Gasteiger partial charge in [-0.05, 0) is 51.8 Å². The smallest absolute Gasteiger partial charge is 0.237 e. The van der Waals surface area contributed by atoms with Crippen molar-refractivity contribution in [2.45, 2.75) is 59.2 Å². The van der Waals surface area contributed by atoms with Crippen molar-refractivity contribution in [3.63, 3.8) is 0 Å². The Hall–Kier alpha value is -1.46. The van der Waals surface area contributed by atoms with Crippen LogP contribution in [0.1, 0.15) is 46.6 Å². The molecule has 0 unspecified atom stereocenters. The first-order valence-corrected chi connectivity index (χ1v) is 8.66. The van der Waals surface area contributed by atoms with Gasteiger partial charge < -0.3 is 20.1 Å². The van der Waals surface area contributed by atoms with Crippen molar-refractivity contribution in [2.24, 2.45) is 0 Å². The minimum absolute atomic E-state index is 0.0551. The topological polar surface area (TPSA) is 59.6 Å². The van der Waals surface area contributed by atoms with Gasteiger partial charge in [0, 0.05) is 12.1 Å². The average Bonchev–Trinajstić information content (AvgIpc) is 2.54. The summed E-state index contributed by atoms with van der Waals surface area (Å²) in [6, 6.07) is 3.33. The van der Waals surface area contributed by atoms with Gasteiger partial charge in [-0.3, -0.25) is 4.79 Å². The lowest BCUT2D eigenvalue weighted by Gasteiger charge is -2.28. The zero-order valence-corrected chi connectivity index (χ0v) is 16.2. The van der Waals surface area contributed by atoms with Crippen molar-refractivity contribution >= 4 is 17.5 Å². The van der Waals surface area contributed by atoms with E-state index in [-0.39, 0.29) is 17.5 Å². The molecule has 1 aromatic rings. The lowest BCUT2D eigenvalue weighted by molar-refractivity contribution is -0.123. The largest absolute Gasteiger partial charge is 0.493 e. The van der Waals surface area contributed by atoms with Crippen LogP contribution in [0.2, 0.25) is 5.02 Å². The molecule has 0 aliphatic heterocycles. The van der Waals surface area contributed by atoms with Crippen LogP contribution in [0.15, 0.2) is 12.1 Å². The molecule has 0 saturated carbocycles. The van der Waals surface area contributed by atoms with E-state index in [0.717, 1.165) is 12.0 Å². The fourth-order valence-electron chi connectivity index (χ4n) is 2.26. The fraction of sp³-hybridized carbons (Fsp3) is 0.611. The number of ether oxygens (including phenoxy) is 2. The minimum atomic E-state index is -0.278. The number of halogens is 1. The number of hydrogen-bond donors (Lipinski definition) is 2. The van der Waals surface area contributed by atoms with E-state index < -0.39 is 0 Å². The highest BCUT2D eigenvalue weighted by molar-refractivity contribution is 6.32. The Bertz CT molecular complexity index is 561. The highest BCUT2D eigenvalue weighted by atomic mass is 35.5. The van der Waals surface area contributed by atoms with Gasteiger partial charge in [-0.15, -0.1) is 0 Å². The molecule has 0 fully saturated rings. The maximum Gasteiger partial charge on any atom is 0.237 e. The molecule has 1 amide bonds. The Morgan fingerprint density at radius 1 is 1.33 bits per heavy atom. The standard InChI is InChI=1S/C18H29ClN2O3/c1-7-18(4,5)21-12(3)17(22)20-11-13-9-14(19)16(24-8-2)15(10-13)23-6/h9-10,12,21H,7-8,11H2,1-6H3,(H,20,22)/t12-/m0/s1. The number of rotatable bonds is 9. The molecule has 0 heterocycles. The Labute approximate surface area is 150 Å². The first-order valence-electron chi connectivity index (χ1n) is 8.28. The maximum absolute atomic E-state index is 12.3. The molecule has 0 bridgehead atoms. The van der Waals surface area contributed by atoms with Gasteiger partial charge in [0.05, 0.1) is 24.8 Å². The van der Waals surface area contributed by atoms with Crippen LogP contribution in [0.3, 0.4) is 0 Å². The third kappa shape index (κ3) is 5.87. The van der Waals surface area contributed by atoms with Gasteiger partial charge in [0.15, 0.2) is 11.5 Å². The van der Waals surface area contributed by atoms with Gasteiger partial charge in [0.1, 0.15) is 0 Å². The Balaban J connectivity index is 2.73. The lowest BCUT2D eigenvalue weighted by atomic mass is 10.0. The van der Waals surface area contributed by atoms with Crippen LogP contribution in [0.5, 0.6) is 11.5 Å². The highest BCUT2D eigenvalue weighted by Crippen LogP contribution is 2.36. The summed E-state index contributed by atoms with van der Waals surface area (Å²) >= 11 is 6.25. The molecule has 1 aromatic carbocycles. The van der Waals surface area contributed by atoms with Crippen LogP contribution in [-0.2, 0) is 11.3 Å². The lowest BCUT2D eigenvalue weighted by Crippen LogP contribution is -2.51.